The topological polar surface area (TPSA) is 75.4 Å². The van der Waals surface area contributed by atoms with Crippen molar-refractivity contribution in [3.63, 3.8) is 0 Å². The minimum atomic E-state index is -0.0855. The summed E-state index contributed by atoms with van der Waals surface area (Å²) in [6.45, 7) is 5.86. The van der Waals surface area contributed by atoms with E-state index in [-0.39, 0.29) is 23.7 Å². The molecule has 1 aliphatic heterocycles. The van der Waals surface area contributed by atoms with Crippen LogP contribution in [0.4, 0.5) is 0 Å². The van der Waals surface area contributed by atoms with Crippen molar-refractivity contribution in [1.82, 2.24) is 15.2 Å². The third-order valence-corrected chi connectivity index (χ3v) is 7.19. The van der Waals surface area contributed by atoms with Gasteiger partial charge >= 0.3 is 0 Å². The average Bonchev–Trinajstić information content (AvgIpc) is 3.35. The molecule has 1 aromatic heterocycles. The maximum Gasteiger partial charge on any atom is 0.253 e. The normalized spacial score (nSPS) is 15.1. The van der Waals surface area contributed by atoms with Crippen LogP contribution in [0.25, 0.3) is 22.6 Å². The Morgan fingerprint density at radius 1 is 1.03 bits per heavy atom. The second-order valence-corrected chi connectivity index (χ2v) is 9.69. The summed E-state index contributed by atoms with van der Waals surface area (Å²) >= 11 is 0. The van der Waals surface area contributed by atoms with Crippen LogP contribution in [0.3, 0.4) is 0 Å². The van der Waals surface area contributed by atoms with Gasteiger partial charge in [-0.2, -0.15) is 0 Å². The van der Waals surface area contributed by atoms with E-state index < -0.39 is 0 Å². The zero-order valence-electron chi connectivity index (χ0n) is 20.7. The van der Waals surface area contributed by atoms with E-state index in [1.807, 2.05) is 85.5 Å². The first-order valence-electron chi connectivity index (χ1n) is 12.6. The fourth-order valence-electron chi connectivity index (χ4n) is 4.83. The minimum Gasteiger partial charge on any atom is -0.436 e. The molecule has 2 heterocycles. The fourth-order valence-corrected chi connectivity index (χ4v) is 4.83. The molecule has 0 radical (unpaired) electrons. The van der Waals surface area contributed by atoms with Crippen molar-refractivity contribution in [3.05, 3.63) is 89.5 Å². The van der Waals surface area contributed by atoms with Crippen LogP contribution in [0.5, 0.6) is 0 Å². The van der Waals surface area contributed by atoms with Crippen LogP contribution < -0.4 is 5.32 Å². The molecule has 4 aromatic rings. The smallest absolute Gasteiger partial charge is 0.253 e. The largest absolute Gasteiger partial charge is 0.436 e. The van der Waals surface area contributed by atoms with Gasteiger partial charge in [-0.15, -0.1) is 0 Å². The number of aromatic nitrogens is 1. The van der Waals surface area contributed by atoms with Crippen molar-refractivity contribution < 1.29 is 14.0 Å². The van der Waals surface area contributed by atoms with E-state index in [0.29, 0.717) is 42.2 Å². The Hall–Kier alpha value is -3.93. The maximum atomic E-state index is 13.2. The molecule has 2 amide bonds. The summed E-state index contributed by atoms with van der Waals surface area (Å²) in [6, 6.07) is 23.4. The van der Waals surface area contributed by atoms with Crippen molar-refractivity contribution in [2.75, 3.05) is 13.1 Å². The summed E-state index contributed by atoms with van der Waals surface area (Å²) < 4.78 is 5.91. The number of hydrogen-bond acceptors (Lipinski definition) is 4. The second-order valence-electron chi connectivity index (χ2n) is 9.69. The quantitative estimate of drug-likeness (QED) is 0.389. The van der Waals surface area contributed by atoms with E-state index in [4.69, 9.17) is 4.42 Å². The Kier molecular flexibility index (Phi) is 6.85. The number of likely N-dealkylation sites (tertiary alicyclic amines) is 1. The summed E-state index contributed by atoms with van der Waals surface area (Å²) in [5.41, 5.74) is 5.13. The Bertz CT molecular complexity index is 1350. The highest BCUT2D eigenvalue weighted by molar-refractivity contribution is 5.97. The first kappa shape index (κ1) is 23.8. The van der Waals surface area contributed by atoms with Gasteiger partial charge in [-0.3, -0.25) is 9.59 Å². The number of benzene rings is 3. The lowest BCUT2D eigenvalue weighted by Crippen LogP contribution is -2.42. The molecule has 1 fully saturated rings. The molecular formula is C30H31N3O3. The molecule has 6 heteroatoms. The molecule has 184 valence electrons. The molecule has 5 rings (SSSR count). The maximum absolute atomic E-state index is 13.2. The minimum absolute atomic E-state index is 0.00332. The van der Waals surface area contributed by atoms with Crippen LogP contribution in [0.1, 0.15) is 41.3 Å². The molecule has 0 bridgehead atoms. The summed E-state index contributed by atoms with van der Waals surface area (Å²) in [5.74, 6) is 0.799. The fraction of sp³-hybridized carbons (Fsp3) is 0.300. The first-order valence-corrected chi connectivity index (χ1v) is 12.6. The number of piperidine rings is 1. The van der Waals surface area contributed by atoms with Crippen LogP contribution in [-0.4, -0.2) is 34.8 Å². The number of hydrogen-bond donors (Lipinski definition) is 1. The van der Waals surface area contributed by atoms with Gasteiger partial charge in [-0.25, -0.2) is 4.98 Å². The molecular weight excluding hydrogens is 450 g/mol. The van der Waals surface area contributed by atoms with E-state index in [2.05, 4.69) is 10.3 Å². The van der Waals surface area contributed by atoms with Crippen molar-refractivity contribution in [2.45, 2.75) is 33.2 Å². The molecule has 36 heavy (non-hydrogen) atoms. The van der Waals surface area contributed by atoms with Crippen molar-refractivity contribution in [2.24, 2.45) is 11.8 Å². The van der Waals surface area contributed by atoms with Gasteiger partial charge in [-0.05, 0) is 61.6 Å². The molecule has 0 unspecified atom stereocenters. The van der Waals surface area contributed by atoms with Crippen LogP contribution in [0, 0.1) is 18.8 Å². The zero-order valence-corrected chi connectivity index (χ0v) is 20.7. The number of aryl methyl sites for hydroxylation is 1. The summed E-state index contributed by atoms with van der Waals surface area (Å²) in [7, 11) is 0. The third kappa shape index (κ3) is 5.18. The van der Waals surface area contributed by atoms with Crippen molar-refractivity contribution in [3.8, 4) is 11.5 Å². The molecule has 3 aromatic carbocycles. The lowest BCUT2D eigenvalue weighted by Gasteiger charge is -2.34. The zero-order chi connectivity index (χ0) is 25.1. The summed E-state index contributed by atoms with van der Waals surface area (Å²) in [4.78, 5) is 32.4. The molecule has 0 spiro atoms. The van der Waals surface area contributed by atoms with Gasteiger partial charge in [0.25, 0.3) is 5.91 Å². The van der Waals surface area contributed by atoms with Gasteiger partial charge in [-0.1, -0.05) is 55.0 Å². The van der Waals surface area contributed by atoms with Crippen molar-refractivity contribution >= 4 is 22.9 Å². The Balaban J connectivity index is 1.18. The number of rotatable bonds is 6. The average molecular weight is 482 g/mol. The van der Waals surface area contributed by atoms with Crippen LogP contribution in [0.15, 0.2) is 77.2 Å². The van der Waals surface area contributed by atoms with E-state index in [0.717, 1.165) is 24.0 Å². The standard InChI is InChI=1S/C30H31N3O3/c1-20-8-10-24(11-9-20)29-32-26-18-25(12-13-27(26)36-29)30(35)33-16-14-23(15-17-33)21(2)28(34)31-19-22-6-4-3-5-7-22/h3-13,18,21,23H,14-17,19H2,1-2H3,(H,31,34)/t21-/m0/s1. The Labute approximate surface area is 211 Å². The molecule has 6 nitrogen and oxygen atoms in total. The highest BCUT2D eigenvalue weighted by Gasteiger charge is 2.30. The van der Waals surface area contributed by atoms with Gasteiger partial charge in [0.15, 0.2) is 5.58 Å². The number of nitrogens with zero attached hydrogens (tertiary/aromatic N) is 2. The highest BCUT2D eigenvalue weighted by atomic mass is 16.3. The molecule has 1 N–H and O–H groups in total. The number of amides is 2. The summed E-state index contributed by atoms with van der Waals surface area (Å²) in [6.07, 6.45) is 1.63. The van der Waals surface area contributed by atoms with Gasteiger partial charge in [0.1, 0.15) is 5.52 Å². The van der Waals surface area contributed by atoms with E-state index >= 15 is 0 Å². The SMILES string of the molecule is Cc1ccc(-c2nc3cc(C(=O)N4CCC([C@H](C)C(=O)NCc5ccccc5)CC4)ccc3o2)cc1. The number of nitrogens with one attached hydrogen (secondary N) is 1. The lowest BCUT2D eigenvalue weighted by atomic mass is 9.84. The van der Waals surface area contributed by atoms with E-state index in [1.165, 1.54) is 5.56 Å². The number of oxazole rings is 1. The molecule has 1 aliphatic rings. The molecule has 0 aliphatic carbocycles. The second kappa shape index (κ2) is 10.4. The highest BCUT2D eigenvalue weighted by Crippen LogP contribution is 2.28. The monoisotopic (exact) mass is 481 g/mol. The Morgan fingerprint density at radius 3 is 2.47 bits per heavy atom. The summed E-state index contributed by atoms with van der Waals surface area (Å²) in [5, 5.41) is 3.05. The number of carbonyl (C=O) groups excluding carboxylic acids is 2. The van der Waals surface area contributed by atoms with Crippen LogP contribution >= 0.6 is 0 Å². The van der Waals surface area contributed by atoms with E-state index in [1.54, 1.807) is 6.07 Å². The van der Waals surface area contributed by atoms with Gasteiger partial charge in [0, 0.05) is 36.7 Å². The lowest BCUT2D eigenvalue weighted by molar-refractivity contribution is -0.126. The first-order chi connectivity index (χ1) is 17.5. The number of carbonyl (C=O) groups is 2. The van der Waals surface area contributed by atoms with Gasteiger partial charge in [0.2, 0.25) is 11.8 Å². The molecule has 1 saturated heterocycles. The third-order valence-electron chi connectivity index (χ3n) is 7.19. The molecule has 0 saturated carbocycles. The Morgan fingerprint density at radius 2 is 1.75 bits per heavy atom. The van der Waals surface area contributed by atoms with Crippen molar-refractivity contribution in [1.29, 1.82) is 0 Å². The van der Waals surface area contributed by atoms with Gasteiger partial charge in [0.05, 0.1) is 0 Å². The van der Waals surface area contributed by atoms with Crippen LogP contribution in [0.2, 0.25) is 0 Å². The number of fused-ring (bicyclic) bond motifs is 1. The van der Waals surface area contributed by atoms with Crippen LogP contribution in [-0.2, 0) is 11.3 Å². The molecule has 1 atom stereocenters. The predicted molar refractivity (Wildman–Crippen MR) is 140 cm³/mol. The predicted octanol–water partition coefficient (Wildman–Crippen LogP) is 5.61. The van der Waals surface area contributed by atoms with E-state index in [9.17, 15) is 9.59 Å². The van der Waals surface area contributed by atoms with Gasteiger partial charge < -0.3 is 14.6 Å².